The quantitative estimate of drug-likeness (QED) is 0.727. The molecule has 1 heterocycles. The largest absolute Gasteiger partial charge is 0.457 e. The summed E-state index contributed by atoms with van der Waals surface area (Å²) < 4.78 is 5.65. The van der Waals surface area contributed by atoms with Crippen LogP contribution in [-0.2, 0) is 11.3 Å². The summed E-state index contributed by atoms with van der Waals surface area (Å²) in [6.07, 6.45) is 3.18. The number of rotatable bonds is 5. The molecule has 1 amide bonds. The lowest BCUT2D eigenvalue weighted by Crippen LogP contribution is -2.20. The van der Waals surface area contributed by atoms with Crippen LogP contribution in [0.5, 0.6) is 0 Å². The average Bonchev–Trinajstić information content (AvgIpc) is 3.01. The highest BCUT2D eigenvalue weighted by atomic mass is 16.3. The van der Waals surface area contributed by atoms with Crippen LogP contribution in [0.4, 0.5) is 5.69 Å². The predicted molar refractivity (Wildman–Crippen MR) is 97.9 cm³/mol. The zero-order valence-electron chi connectivity index (χ0n) is 13.8. The molecule has 0 aliphatic rings. The van der Waals surface area contributed by atoms with E-state index in [1.807, 2.05) is 73.6 Å². The van der Waals surface area contributed by atoms with E-state index in [1.54, 1.807) is 6.08 Å². The fraction of sp³-hybridized carbons (Fsp3) is 0.150. The monoisotopic (exact) mass is 320 g/mol. The summed E-state index contributed by atoms with van der Waals surface area (Å²) in [4.78, 5) is 14.0. The minimum Gasteiger partial charge on any atom is -0.457 e. The van der Waals surface area contributed by atoms with Crippen LogP contribution in [0.25, 0.3) is 17.0 Å². The van der Waals surface area contributed by atoms with Gasteiger partial charge in [0.05, 0.1) is 0 Å². The van der Waals surface area contributed by atoms with Crippen LogP contribution >= 0.6 is 0 Å². The third-order valence-corrected chi connectivity index (χ3v) is 3.76. The molecular weight excluding hydrogens is 300 g/mol. The zero-order chi connectivity index (χ0) is 16.9. The van der Waals surface area contributed by atoms with Crippen molar-refractivity contribution in [3.63, 3.8) is 0 Å². The zero-order valence-corrected chi connectivity index (χ0v) is 13.8. The van der Waals surface area contributed by atoms with Gasteiger partial charge in [0.25, 0.3) is 0 Å². The first-order valence-corrected chi connectivity index (χ1v) is 7.82. The highest BCUT2D eigenvalue weighted by molar-refractivity contribution is 5.92. The van der Waals surface area contributed by atoms with Gasteiger partial charge in [-0.2, -0.15) is 0 Å². The number of para-hydroxylation sites is 1. The summed E-state index contributed by atoms with van der Waals surface area (Å²) in [6, 6.07) is 17.8. The Labute approximate surface area is 141 Å². The van der Waals surface area contributed by atoms with Crippen LogP contribution in [0.1, 0.15) is 11.3 Å². The number of nitrogens with one attached hydrogen (secondary N) is 1. The molecule has 3 rings (SSSR count). The minimum absolute atomic E-state index is 0.146. The molecule has 24 heavy (non-hydrogen) atoms. The Hall–Kier alpha value is -3.01. The van der Waals surface area contributed by atoms with Crippen molar-refractivity contribution in [1.82, 2.24) is 5.32 Å². The Morgan fingerprint density at radius 3 is 2.58 bits per heavy atom. The van der Waals surface area contributed by atoms with Crippen LogP contribution in [0.15, 0.2) is 65.1 Å². The molecule has 0 saturated carbocycles. The second-order valence-electron chi connectivity index (χ2n) is 5.80. The summed E-state index contributed by atoms with van der Waals surface area (Å²) >= 11 is 0. The smallest absolute Gasteiger partial charge is 0.244 e. The van der Waals surface area contributed by atoms with E-state index in [-0.39, 0.29) is 5.91 Å². The first kappa shape index (κ1) is 15.9. The summed E-state index contributed by atoms with van der Waals surface area (Å²) in [5.74, 6) is 0.522. The van der Waals surface area contributed by atoms with E-state index in [0.29, 0.717) is 12.3 Å². The van der Waals surface area contributed by atoms with E-state index >= 15 is 0 Å². The molecule has 4 heteroatoms. The molecule has 3 aromatic rings. The fourth-order valence-corrected chi connectivity index (χ4v) is 2.40. The number of hydrogen-bond acceptors (Lipinski definition) is 3. The predicted octanol–water partition coefficient (Wildman–Crippen LogP) is 3.83. The highest BCUT2D eigenvalue weighted by Crippen LogP contribution is 2.19. The lowest BCUT2D eigenvalue weighted by molar-refractivity contribution is -0.116. The number of anilines is 1. The van der Waals surface area contributed by atoms with Crippen LogP contribution in [-0.4, -0.2) is 20.0 Å². The molecule has 1 N–H and O–H groups in total. The third kappa shape index (κ3) is 3.84. The van der Waals surface area contributed by atoms with Gasteiger partial charge in [0.2, 0.25) is 5.91 Å². The van der Waals surface area contributed by atoms with Crippen molar-refractivity contribution in [2.75, 3.05) is 19.0 Å². The Balaban J connectivity index is 1.56. The standard InChI is InChI=1S/C20H20N2O2/c1-22(2)17-9-7-15(8-10-17)14-21-20(23)12-11-18-13-16-5-3-4-6-19(16)24-18/h3-13H,14H2,1-2H3,(H,21,23)/b12-11+. The van der Waals surface area contributed by atoms with E-state index in [1.165, 1.54) is 6.08 Å². The molecule has 0 atom stereocenters. The van der Waals surface area contributed by atoms with Crippen molar-refractivity contribution in [2.45, 2.75) is 6.54 Å². The number of benzene rings is 2. The first-order chi connectivity index (χ1) is 11.6. The molecule has 0 aliphatic heterocycles. The molecule has 0 aliphatic carbocycles. The lowest BCUT2D eigenvalue weighted by atomic mass is 10.2. The van der Waals surface area contributed by atoms with E-state index in [9.17, 15) is 4.79 Å². The molecule has 1 aromatic heterocycles. The van der Waals surface area contributed by atoms with Gasteiger partial charge in [-0.3, -0.25) is 4.79 Å². The first-order valence-electron chi connectivity index (χ1n) is 7.82. The fourth-order valence-electron chi connectivity index (χ4n) is 2.40. The molecular formula is C20H20N2O2. The number of carbonyl (C=O) groups excluding carboxylic acids is 1. The molecule has 0 saturated heterocycles. The van der Waals surface area contributed by atoms with Gasteiger partial charge in [0.1, 0.15) is 11.3 Å². The second-order valence-corrected chi connectivity index (χ2v) is 5.80. The number of fused-ring (bicyclic) bond motifs is 1. The Morgan fingerprint density at radius 2 is 1.88 bits per heavy atom. The summed E-state index contributed by atoms with van der Waals surface area (Å²) in [6.45, 7) is 0.497. The van der Waals surface area contributed by atoms with E-state index in [2.05, 4.69) is 5.32 Å². The van der Waals surface area contributed by atoms with Crippen molar-refractivity contribution < 1.29 is 9.21 Å². The second kappa shape index (κ2) is 7.04. The SMILES string of the molecule is CN(C)c1ccc(CNC(=O)/C=C/c2cc3ccccc3o2)cc1. The maximum atomic E-state index is 11.9. The maximum Gasteiger partial charge on any atom is 0.244 e. The summed E-state index contributed by atoms with van der Waals surface area (Å²) in [5, 5.41) is 3.90. The van der Waals surface area contributed by atoms with E-state index in [4.69, 9.17) is 4.42 Å². The Kier molecular flexibility index (Phi) is 4.66. The summed E-state index contributed by atoms with van der Waals surface area (Å²) in [7, 11) is 4.00. The molecule has 0 bridgehead atoms. The topological polar surface area (TPSA) is 45.5 Å². The molecule has 4 nitrogen and oxygen atoms in total. The molecule has 0 unspecified atom stereocenters. The van der Waals surface area contributed by atoms with Crippen molar-refractivity contribution in [2.24, 2.45) is 0 Å². The molecule has 0 fully saturated rings. The van der Waals surface area contributed by atoms with E-state index < -0.39 is 0 Å². The number of hydrogen-bond donors (Lipinski definition) is 1. The van der Waals surface area contributed by atoms with Gasteiger partial charge in [0.15, 0.2) is 0 Å². The average molecular weight is 320 g/mol. The van der Waals surface area contributed by atoms with E-state index in [0.717, 1.165) is 22.2 Å². The van der Waals surface area contributed by atoms with Gasteiger partial charge in [-0.1, -0.05) is 30.3 Å². The molecule has 2 aromatic carbocycles. The molecule has 122 valence electrons. The normalized spacial score (nSPS) is 11.1. The highest BCUT2D eigenvalue weighted by Gasteiger charge is 2.02. The summed E-state index contributed by atoms with van der Waals surface area (Å²) in [5.41, 5.74) is 3.01. The Bertz CT molecular complexity index is 828. The van der Waals surface area contributed by atoms with Gasteiger partial charge in [-0.25, -0.2) is 0 Å². The minimum atomic E-state index is -0.146. The number of amides is 1. The van der Waals surface area contributed by atoms with Crippen LogP contribution in [0, 0.1) is 0 Å². The van der Waals surface area contributed by atoms with Crippen LogP contribution in [0.2, 0.25) is 0 Å². The number of nitrogens with zero attached hydrogens (tertiary/aromatic N) is 1. The molecule has 0 radical (unpaired) electrons. The van der Waals surface area contributed by atoms with Crippen LogP contribution < -0.4 is 10.2 Å². The van der Waals surface area contributed by atoms with Crippen molar-refractivity contribution in [3.05, 3.63) is 72.0 Å². The molecule has 0 spiro atoms. The van der Waals surface area contributed by atoms with Gasteiger partial charge in [-0.15, -0.1) is 0 Å². The maximum absolute atomic E-state index is 11.9. The lowest BCUT2D eigenvalue weighted by Gasteiger charge is -2.12. The van der Waals surface area contributed by atoms with Crippen LogP contribution in [0.3, 0.4) is 0 Å². The van der Waals surface area contributed by atoms with Crippen molar-refractivity contribution in [3.8, 4) is 0 Å². The van der Waals surface area contributed by atoms with Gasteiger partial charge in [-0.05, 0) is 35.9 Å². The van der Waals surface area contributed by atoms with Gasteiger partial charge >= 0.3 is 0 Å². The number of furan rings is 1. The third-order valence-electron chi connectivity index (χ3n) is 3.76. The van der Waals surface area contributed by atoms with Crippen molar-refractivity contribution >= 4 is 28.6 Å². The van der Waals surface area contributed by atoms with Gasteiger partial charge < -0.3 is 14.6 Å². The van der Waals surface area contributed by atoms with Crippen molar-refractivity contribution in [1.29, 1.82) is 0 Å². The number of carbonyl (C=O) groups is 1. The van der Waals surface area contributed by atoms with Gasteiger partial charge in [0, 0.05) is 37.8 Å². The Morgan fingerprint density at radius 1 is 1.12 bits per heavy atom.